The number of benzene rings is 9. The summed E-state index contributed by atoms with van der Waals surface area (Å²) in [6, 6.07) is 83.1. The molecule has 0 radical (unpaired) electrons. The van der Waals surface area contributed by atoms with Gasteiger partial charge in [0.1, 0.15) is 8.07 Å². The standard InChI is InChI=1S/C72H69Si.3ClH.Ti/c1-50-38-63(41-57-26-14-8-15-27-57)47-69(66(50)44-60-32-20-11-21-33-60)73(72-55(6)53(4)54(5)56(72)7,70-48-64(42-58-28-16-9-17-29-58)39-51(2)67(70)45-61-34-22-12-23-35-61)71-49-65(43-59-30-18-10-19-31-59)40-52(3)68(71)46-62-36-24-13-25-37-62;;;;/h8-40,47-49H,41-46H2,1-7H3;3*1H;/q-1;;;;+4/p-3. The third-order valence-electron chi connectivity index (χ3n) is 16.0. The van der Waals surface area contributed by atoms with Crippen molar-refractivity contribution in [1.82, 2.24) is 0 Å². The van der Waals surface area contributed by atoms with E-state index < -0.39 is 22.8 Å². The Morgan fingerprint density at radius 1 is 0.299 bits per heavy atom. The first-order chi connectivity index (χ1) is 37.3. The molecule has 5 heteroatoms. The summed E-state index contributed by atoms with van der Waals surface area (Å²) < 4.78 is 0. The predicted molar refractivity (Wildman–Crippen MR) is 332 cm³/mol. The molecule has 0 heterocycles. The van der Waals surface area contributed by atoms with Crippen molar-refractivity contribution in [1.29, 1.82) is 0 Å². The Morgan fingerprint density at radius 3 is 0.727 bits per heavy atom. The van der Waals surface area contributed by atoms with Crippen LogP contribution >= 0.6 is 27.9 Å². The van der Waals surface area contributed by atoms with Crippen LogP contribution in [0.5, 0.6) is 0 Å². The Hall–Kier alpha value is -5.87. The maximum atomic E-state index is 4.97. The van der Waals surface area contributed by atoms with Gasteiger partial charge >= 0.3 is 42.6 Å². The second-order valence-corrected chi connectivity index (χ2v) is 32.5. The van der Waals surface area contributed by atoms with E-state index in [2.05, 4.69) is 267 Å². The maximum absolute atomic E-state index is 4.97. The van der Waals surface area contributed by atoms with Crippen LogP contribution in [-0.2, 0) is 53.2 Å². The summed E-state index contributed by atoms with van der Waals surface area (Å²) in [5.41, 5.74) is 26.3. The monoisotopic (exact) mass is 1110 g/mol. The van der Waals surface area contributed by atoms with E-state index in [-0.39, 0.29) is 0 Å². The second-order valence-electron chi connectivity index (χ2n) is 21.1. The van der Waals surface area contributed by atoms with Gasteiger partial charge in [-0.2, -0.15) is 22.3 Å². The molecule has 10 aromatic rings. The fraction of sp³-hybridized carbons (Fsp3) is 0.181. The molecule has 77 heavy (non-hydrogen) atoms. The van der Waals surface area contributed by atoms with Crippen LogP contribution in [0.1, 0.15) is 106 Å². The Morgan fingerprint density at radius 2 is 0.506 bits per heavy atom. The number of hydrogen-bond acceptors (Lipinski definition) is 0. The molecule has 0 bridgehead atoms. The van der Waals surface area contributed by atoms with Crippen LogP contribution in [0.2, 0.25) is 0 Å². The first kappa shape index (κ1) is 55.9. The third kappa shape index (κ3) is 13.0. The molecular formula is C72H69Cl3SiTi. The van der Waals surface area contributed by atoms with Crippen LogP contribution in [0.15, 0.2) is 218 Å². The van der Waals surface area contributed by atoms with Gasteiger partial charge in [-0.3, -0.25) is 0 Å². The molecule has 10 rings (SSSR count). The van der Waals surface area contributed by atoms with Crippen molar-refractivity contribution in [2.24, 2.45) is 0 Å². The topological polar surface area (TPSA) is 0 Å². The summed E-state index contributed by atoms with van der Waals surface area (Å²) in [4.78, 5) is 0. The molecule has 10 aromatic carbocycles. The van der Waals surface area contributed by atoms with E-state index in [4.69, 9.17) is 27.9 Å². The SMILES string of the molecule is Cc1cc(Cc2ccccc2)cc([Si](c2cc(Cc3ccccc3)cc(C)c2Cc2ccccc2)(c2cc(Cc3ccccc3)cc(C)c2Cc2ccccc2)[c-]2c(C)c(C)c(C)c2C)c1Cc1ccccc1.[Cl][Ti+]([Cl])[Cl]. The van der Waals surface area contributed by atoms with Gasteiger partial charge in [-0.05, 0) is 143 Å². The van der Waals surface area contributed by atoms with Crippen molar-refractivity contribution < 1.29 is 14.7 Å². The van der Waals surface area contributed by atoms with Gasteiger partial charge in [0.2, 0.25) is 0 Å². The van der Waals surface area contributed by atoms with Gasteiger partial charge in [-0.15, -0.1) is 5.19 Å². The van der Waals surface area contributed by atoms with E-state index in [0.29, 0.717) is 0 Å². The molecule has 0 spiro atoms. The molecule has 0 aliphatic heterocycles. The van der Waals surface area contributed by atoms with E-state index in [1.165, 1.54) is 121 Å². The van der Waals surface area contributed by atoms with Gasteiger partial charge < -0.3 is 0 Å². The van der Waals surface area contributed by atoms with Crippen molar-refractivity contribution in [2.45, 2.75) is 87.0 Å². The summed E-state index contributed by atoms with van der Waals surface area (Å²) in [6.45, 7) is 17.0. The van der Waals surface area contributed by atoms with Gasteiger partial charge in [-0.1, -0.05) is 262 Å². The first-order valence-electron chi connectivity index (χ1n) is 27.0. The molecule has 0 saturated carbocycles. The van der Waals surface area contributed by atoms with Crippen LogP contribution in [0.4, 0.5) is 0 Å². The molecule has 386 valence electrons. The number of hydrogen-bond donors (Lipinski definition) is 0. The fourth-order valence-corrected chi connectivity index (χ4v) is 18.8. The second kappa shape index (κ2) is 25.7. The van der Waals surface area contributed by atoms with Gasteiger partial charge in [-0.25, -0.2) is 0 Å². The third-order valence-corrected chi connectivity index (χ3v) is 21.3. The van der Waals surface area contributed by atoms with Crippen LogP contribution in [0.3, 0.4) is 0 Å². The molecule has 0 saturated heterocycles. The summed E-state index contributed by atoms with van der Waals surface area (Å²) in [5, 5.41) is 6.13. The van der Waals surface area contributed by atoms with Crippen molar-refractivity contribution in [2.75, 3.05) is 0 Å². The number of aryl methyl sites for hydroxylation is 3. The van der Waals surface area contributed by atoms with Crippen molar-refractivity contribution >= 4 is 56.7 Å². The Labute approximate surface area is 478 Å². The minimum atomic E-state index is -3.53. The van der Waals surface area contributed by atoms with Crippen LogP contribution in [0.25, 0.3) is 0 Å². The Balaban J connectivity index is 0.00000175. The van der Waals surface area contributed by atoms with Crippen molar-refractivity contribution in [3.8, 4) is 0 Å². The van der Waals surface area contributed by atoms with E-state index in [1.807, 2.05) is 0 Å². The zero-order valence-corrected chi connectivity index (χ0v) is 50.5. The summed E-state index contributed by atoms with van der Waals surface area (Å²) in [5.74, 6) is 0. The van der Waals surface area contributed by atoms with Crippen molar-refractivity contribution in [3.05, 3.63) is 324 Å². The predicted octanol–water partition coefficient (Wildman–Crippen LogP) is 16.6. The molecule has 0 atom stereocenters. The van der Waals surface area contributed by atoms with Crippen LogP contribution in [0, 0.1) is 48.5 Å². The molecule has 0 N–H and O–H groups in total. The molecule has 0 aromatic heterocycles. The molecule has 0 aliphatic rings. The van der Waals surface area contributed by atoms with E-state index >= 15 is 0 Å². The number of halogens is 3. The zero-order chi connectivity index (χ0) is 54.1. The first-order valence-corrected chi connectivity index (χ1v) is 35.4. The van der Waals surface area contributed by atoms with E-state index in [1.54, 1.807) is 5.19 Å². The molecular weight excluding hydrogens is 1050 g/mol. The molecule has 0 nitrogen and oxygen atoms in total. The molecule has 0 unspecified atom stereocenters. The zero-order valence-electron chi connectivity index (χ0n) is 45.7. The Bertz CT molecular complexity index is 3200. The molecule has 0 aliphatic carbocycles. The van der Waals surface area contributed by atoms with Gasteiger partial charge in [0, 0.05) is 0 Å². The molecule has 0 fully saturated rings. The van der Waals surface area contributed by atoms with Crippen LogP contribution in [-0.4, -0.2) is 8.07 Å². The minimum absolute atomic E-state index is 0.840. The summed E-state index contributed by atoms with van der Waals surface area (Å²) in [6.07, 6.45) is 5.09. The number of rotatable bonds is 16. The van der Waals surface area contributed by atoms with Gasteiger partial charge in [0.05, 0.1) is 0 Å². The fourth-order valence-electron chi connectivity index (χ4n) is 12.2. The van der Waals surface area contributed by atoms with Gasteiger partial charge in [0.15, 0.2) is 0 Å². The normalized spacial score (nSPS) is 11.3. The van der Waals surface area contributed by atoms with Gasteiger partial charge in [0.25, 0.3) is 0 Å². The average molecular weight is 1120 g/mol. The molecule has 0 amide bonds. The van der Waals surface area contributed by atoms with Crippen LogP contribution < -0.4 is 20.7 Å². The van der Waals surface area contributed by atoms with E-state index in [9.17, 15) is 0 Å². The summed E-state index contributed by atoms with van der Waals surface area (Å²) >= 11 is -1.92. The quantitative estimate of drug-likeness (QED) is 0.0514. The Kier molecular flexibility index (Phi) is 18.7. The van der Waals surface area contributed by atoms with E-state index in [0.717, 1.165) is 38.5 Å². The summed E-state index contributed by atoms with van der Waals surface area (Å²) in [7, 11) is 11.4. The average Bonchev–Trinajstić information content (AvgIpc) is 3.77. The van der Waals surface area contributed by atoms with Crippen molar-refractivity contribution in [3.63, 3.8) is 0 Å².